The number of hydrogen-bond acceptors (Lipinski definition) is 3. The molecule has 0 amide bonds. The number of carboxylic acid groups (broad SMARTS) is 1. The van der Waals surface area contributed by atoms with Crippen LogP contribution < -0.4 is 0 Å². The highest BCUT2D eigenvalue weighted by atomic mass is 35.5. The molecular weight excluding hydrogens is 218 g/mol. The van der Waals surface area contributed by atoms with Gasteiger partial charge in [0.25, 0.3) is 0 Å². The minimum Gasteiger partial charge on any atom is -0.481 e. The van der Waals surface area contributed by atoms with Crippen LogP contribution in [0.2, 0.25) is 0 Å². The zero-order valence-electron chi connectivity index (χ0n) is 8.96. The van der Waals surface area contributed by atoms with E-state index in [0.717, 1.165) is 12.8 Å². The number of aliphatic hydroxyl groups is 1. The Morgan fingerprint density at radius 3 is 2.40 bits per heavy atom. The molecule has 0 aromatic heterocycles. The summed E-state index contributed by atoms with van der Waals surface area (Å²) in [4.78, 5) is 13.2. The third kappa shape index (κ3) is 1.75. The van der Waals surface area contributed by atoms with Gasteiger partial charge in [0, 0.05) is 12.1 Å². The lowest BCUT2D eigenvalue weighted by molar-refractivity contribution is -0.155. The largest absolute Gasteiger partial charge is 0.481 e. The van der Waals surface area contributed by atoms with Gasteiger partial charge in [-0.3, -0.25) is 9.69 Å². The van der Waals surface area contributed by atoms with Gasteiger partial charge in [-0.2, -0.15) is 0 Å². The van der Waals surface area contributed by atoms with E-state index in [1.54, 1.807) is 0 Å². The monoisotopic (exact) mass is 235 g/mol. The fourth-order valence-electron chi connectivity index (χ4n) is 3.15. The molecule has 88 valence electrons. The highest BCUT2D eigenvalue weighted by Gasteiger charge is 2.51. The van der Waals surface area contributed by atoms with Crippen molar-refractivity contribution >= 4 is 18.4 Å². The van der Waals surface area contributed by atoms with Crippen LogP contribution in [0.15, 0.2) is 0 Å². The van der Waals surface area contributed by atoms with Crippen molar-refractivity contribution in [3.8, 4) is 0 Å². The van der Waals surface area contributed by atoms with Crippen LogP contribution in [-0.4, -0.2) is 46.3 Å². The molecule has 5 heteroatoms. The first-order valence-electron chi connectivity index (χ1n) is 5.17. The molecule has 2 aliphatic rings. The summed E-state index contributed by atoms with van der Waals surface area (Å²) in [6, 6.07) is 0.397. The van der Waals surface area contributed by atoms with E-state index >= 15 is 0 Å². The lowest BCUT2D eigenvalue weighted by Gasteiger charge is -2.42. The molecule has 0 saturated carbocycles. The molecule has 2 bridgehead atoms. The minimum absolute atomic E-state index is 0. The van der Waals surface area contributed by atoms with Gasteiger partial charge in [-0.25, -0.2) is 0 Å². The van der Waals surface area contributed by atoms with Crippen molar-refractivity contribution in [2.24, 2.45) is 11.8 Å². The molecule has 0 aromatic rings. The Labute approximate surface area is 95.7 Å². The summed E-state index contributed by atoms with van der Waals surface area (Å²) in [7, 11) is 1.97. The van der Waals surface area contributed by atoms with Crippen molar-refractivity contribution in [3.63, 3.8) is 0 Å². The number of aliphatic hydroxyl groups excluding tert-OH is 1. The molecule has 2 heterocycles. The average Bonchev–Trinajstić information content (AvgIpc) is 2.40. The SMILES string of the molecule is CC1[C@H](O)[C@H](C(=O)O)[C@H]2CC[C@@H]1N2C.Cl. The van der Waals surface area contributed by atoms with E-state index in [9.17, 15) is 9.90 Å². The maximum absolute atomic E-state index is 11.1. The Morgan fingerprint density at radius 2 is 1.87 bits per heavy atom. The molecule has 2 N–H and O–H groups in total. The van der Waals surface area contributed by atoms with E-state index in [2.05, 4.69) is 4.90 Å². The second-order valence-corrected chi connectivity index (χ2v) is 4.59. The molecule has 15 heavy (non-hydrogen) atoms. The highest BCUT2D eigenvalue weighted by Crippen LogP contribution is 2.41. The van der Waals surface area contributed by atoms with E-state index in [1.165, 1.54) is 0 Å². The predicted octanol–water partition coefficient (Wildman–Crippen LogP) is 0.582. The van der Waals surface area contributed by atoms with Gasteiger partial charge in [0.1, 0.15) is 0 Å². The Balaban J connectivity index is 0.00000112. The Kier molecular flexibility index (Phi) is 3.63. The van der Waals surface area contributed by atoms with Gasteiger partial charge in [-0.05, 0) is 25.8 Å². The predicted molar refractivity (Wildman–Crippen MR) is 58.1 cm³/mol. The lowest BCUT2D eigenvalue weighted by Crippen LogP contribution is -2.56. The molecule has 2 rings (SSSR count). The molecule has 4 nitrogen and oxygen atoms in total. The highest BCUT2D eigenvalue weighted by molar-refractivity contribution is 5.85. The molecular formula is C10H18ClNO3. The van der Waals surface area contributed by atoms with Crippen LogP contribution in [0.25, 0.3) is 0 Å². The summed E-state index contributed by atoms with van der Waals surface area (Å²) in [6.07, 6.45) is 1.24. The van der Waals surface area contributed by atoms with E-state index in [0.29, 0.717) is 6.04 Å². The van der Waals surface area contributed by atoms with Gasteiger partial charge in [-0.1, -0.05) is 6.92 Å². The minimum atomic E-state index is -0.860. The summed E-state index contributed by atoms with van der Waals surface area (Å²) in [5.41, 5.74) is 0. The topological polar surface area (TPSA) is 60.8 Å². The lowest BCUT2D eigenvalue weighted by atomic mass is 9.81. The van der Waals surface area contributed by atoms with Gasteiger partial charge in [0.05, 0.1) is 12.0 Å². The number of piperidine rings is 1. The molecule has 2 fully saturated rings. The first-order chi connectivity index (χ1) is 6.54. The van der Waals surface area contributed by atoms with Crippen molar-refractivity contribution in [2.45, 2.75) is 38.0 Å². The number of fused-ring (bicyclic) bond motifs is 2. The van der Waals surface area contributed by atoms with Crippen molar-refractivity contribution < 1.29 is 15.0 Å². The van der Waals surface area contributed by atoms with E-state index < -0.39 is 18.0 Å². The molecule has 0 aromatic carbocycles. The van der Waals surface area contributed by atoms with Crippen molar-refractivity contribution in [1.82, 2.24) is 4.90 Å². The first-order valence-corrected chi connectivity index (χ1v) is 5.17. The number of carboxylic acids is 1. The zero-order chi connectivity index (χ0) is 10.5. The van der Waals surface area contributed by atoms with Crippen LogP contribution in [0, 0.1) is 11.8 Å². The number of aliphatic carboxylic acids is 1. The van der Waals surface area contributed by atoms with Crippen molar-refractivity contribution in [2.75, 3.05) is 7.05 Å². The smallest absolute Gasteiger partial charge is 0.310 e. The fourth-order valence-corrected chi connectivity index (χ4v) is 3.15. The summed E-state index contributed by atoms with van der Waals surface area (Å²) >= 11 is 0. The van der Waals surface area contributed by atoms with E-state index in [4.69, 9.17) is 5.11 Å². The second kappa shape index (κ2) is 4.28. The third-order valence-electron chi connectivity index (χ3n) is 4.02. The summed E-state index contributed by atoms with van der Waals surface area (Å²) in [5.74, 6) is -1.39. The molecule has 0 radical (unpaired) electrons. The third-order valence-corrected chi connectivity index (χ3v) is 4.02. The Bertz CT molecular complexity index is 261. The van der Waals surface area contributed by atoms with Gasteiger partial charge >= 0.3 is 5.97 Å². The van der Waals surface area contributed by atoms with Gasteiger partial charge < -0.3 is 10.2 Å². The Morgan fingerprint density at radius 1 is 1.33 bits per heavy atom. The normalized spacial score (nSPS) is 44.9. The molecule has 0 aliphatic carbocycles. The molecule has 2 saturated heterocycles. The Hall–Kier alpha value is -0.320. The summed E-state index contributed by atoms with van der Waals surface area (Å²) in [6.45, 7) is 1.95. The zero-order valence-corrected chi connectivity index (χ0v) is 9.78. The van der Waals surface area contributed by atoms with Crippen LogP contribution in [0.5, 0.6) is 0 Å². The number of halogens is 1. The molecule has 5 atom stereocenters. The van der Waals surface area contributed by atoms with Crippen molar-refractivity contribution in [3.05, 3.63) is 0 Å². The number of carbonyl (C=O) groups is 1. The average molecular weight is 236 g/mol. The van der Waals surface area contributed by atoms with Gasteiger partial charge in [-0.15, -0.1) is 12.4 Å². The van der Waals surface area contributed by atoms with Crippen LogP contribution in [0.1, 0.15) is 19.8 Å². The van der Waals surface area contributed by atoms with Gasteiger partial charge in [0.15, 0.2) is 0 Å². The van der Waals surface area contributed by atoms with E-state index in [-0.39, 0.29) is 24.4 Å². The summed E-state index contributed by atoms with van der Waals surface area (Å²) < 4.78 is 0. The van der Waals surface area contributed by atoms with Crippen LogP contribution in [-0.2, 0) is 4.79 Å². The maximum Gasteiger partial charge on any atom is 0.310 e. The molecule has 0 spiro atoms. The molecule has 2 aliphatic heterocycles. The quantitative estimate of drug-likeness (QED) is 0.698. The number of rotatable bonds is 1. The van der Waals surface area contributed by atoms with Crippen LogP contribution >= 0.6 is 12.4 Å². The fraction of sp³-hybridized carbons (Fsp3) is 0.900. The first kappa shape index (κ1) is 12.7. The summed E-state index contributed by atoms with van der Waals surface area (Å²) in [5, 5.41) is 19.0. The molecule has 1 unspecified atom stereocenters. The second-order valence-electron chi connectivity index (χ2n) is 4.59. The van der Waals surface area contributed by atoms with E-state index in [1.807, 2.05) is 14.0 Å². The maximum atomic E-state index is 11.1. The van der Waals surface area contributed by atoms with Crippen LogP contribution in [0.3, 0.4) is 0 Å². The standard InChI is InChI=1S/C10H17NO3.ClH/c1-5-6-3-4-7(11(6)2)8(9(5)12)10(13)14;/h5-9,12H,3-4H2,1-2H3,(H,13,14);1H/t5?,6-,7+,8+,9-;/m0./s1. The van der Waals surface area contributed by atoms with Crippen molar-refractivity contribution in [1.29, 1.82) is 0 Å². The van der Waals surface area contributed by atoms with Gasteiger partial charge in [0.2, 0.25) is 0 Å². The number of hydrogen-bond donors (Lipinski definition) is 2. The number of nitrogens with zero attached hydrogens (tertiary/aromatic N) is 1. The van der Waals surface area contributed by atoms with Crippen LogP contribution in [0.4, 0.5) is 0 Å².